The fraction of sp³-hybridized carbons (Fsp3) is 0.583. The van der Waals surface area contributed by atoms with E-state index in [4.69, 9.17) is 5.84 Å². The molecule has 0 aliphatic heterocycles. The number of rotatable bonds is 5. The van der Waals surface area contributed by atoms with Gasteiger partial charge in [-0.05, 0) is 37.7 Å². The summed E-state index contributed by atoms with van der Waals surface area (Å²) in [5.41, 5.74) is 2.37. The molecular weight excluding hydrogens is 296 g/mol. The van der Waals surface area contributed by atoms with Crippen molar-refractivity contribution < 1.29 is 8.42 Å². The first-order valence-electron chi connectivity index (χ1n) is 6.53. The zero-order chi connectivity index (χ0) is 14.6. The van der Waals surface area contributed by atoms with Gasteiger partial charge < -0.3 is 5.43 Å². The number of nitrogen functional groups attached to an aromatic ring is 1. The number of pyridine rings is 1. The van der Waals surface area contributed by atoms with Crippen LogP contribution in [0.5, 0.6) is 0 Å². The Morgan fingerprint density at radius 1 is 1.40 bits per heavy atom. The van der Waals surface area contributed by atoms with Crippen molar-refractivity contribution in [3.8, 4) is 0 Å². The molecule has 112 valence electrons. The molecule has 4 N–H and O–H groups in total. The van der Waals surface area contributed by atoms with Crippen LogP contribution in [-0.2, 0) is 10.0 Å². The van der Waals surface area contributed by atoms with E-state index in [1.165, 1.54) is 12.3 Å². The number of hydrazine groups is 1. The van der Waals surface area contributed by atoms with E-state index in [0.29, 0.717) is 11.1 Å². The summed E-state index contributed by atoms with van der Waals surface area (Å²) in [5, 5.41) is 0.540. The SMILES string of the molecule is CSC1CCCC(NS(=O)(=O)c2ccc(NN)nc2)C1. The minimum absolute atomic E-state index is 0.0125. The Kier molecular flexibility index (Phi) is 5.25. The first-order valence-corrected chi connectivity index (χ1v) is 9.30. The summed E-state index contributed by atoms with van der Waals surface area (Å²) in [5.74, 6) is 5.64. The number of hydrogen-bond donors (Lipinski definition) is 3. The van der Waals surface area contributed by atoms with Gasteiger partial charge in [0.15, 0.2) is 0 Å². The van der Waals surface area contributed by atoms with Crippen molar-refractivity contribution in [2.24, 2.45) is 5.84 Å². The van der Waals surface area contributed by atoms with Gasteiger partial charge in [0.2, 0.25) is 10.0 Å². The fourth-order valence-electron chi connectivity index (χ4n) is 2.38. The first-order chi connectivity index (χ1) is 9.55. The van der Waals surface area contributed by atoms with Crippen molar-refractivity contribution in [2.45, 2.75) is 41.9 Å². The Morgan fingerprint density at radius 3 is 2.80 bits per heavy atom. The molecule has 1 aromatic heterocycles. The molecule has 8 heteroatoms. The molecule has 0 spiro atoms. The summed E-state index contributed by atoms with van der Waals surface area (Å²) >= 11 is 1.81. The predicted molar refractivity (Wildman–Crippen MR) is 81.9 cm³/mol. The van der Waals surface area contributed by atoms with E-state index in [-0.39, 0.29) is 10.9 Å². The summed E-state index contributed by atoms with van der Waals surface area (Å²) < 4.78 is 27.4. The molecule has 0 saturated heterocycles. The minimum atomic E-state index is -3.51. The molecule has 1 fully saturated rings. The van der Waals surface area contributed by atoms with Crippen LogP contribution in [0.1, 0.15) is 25.7 Å². The zero-order valence-corrected chi connectivity index (χ0v) is 13.0. The number of hydrogen-bond acceptors (Lipinski definition) is 6. The van der Waals surface area contributed by atoms with Crippen LogP contribution in [0.4, 0.5) is 5.82 Å². The molecule has 0 amide bonds. The molecule has 1 saturated carbocycles. The van der Waals surface area contributed by atoms with Crippen molar-refractivity contribution in [1.82, 2.24) is 9.71 Å². The van der Waals surface area contributed by atoms with Gasteiger partial charge in [0, 0.05) is 17.5 Å². The van der Waals surface area contributed by atoms with Gasteiger partial charge in [0.25, 0.3) is 0 Å². The van der Waals surface area contributed by atoms with Crippen LogP contribution in [0.3, 0.4) is 0 Å². The molecule has 1 aromatic rings. The largest absolute Gasteiger partial charge is 0.308 e. The Balaban J connectivity index is 2.06. The average molecular weight is 316 g/mol. The third kappa shape index (κ3) is 3.85. The van der Waals surface area contributed by atoms with Crippen LogP contribution in [0.25, 0.3) is 0 Å². The third-order valence-corrected chi connectivity index (χ3v) is 6.08. The zero-order valence-electron chi connectivity index (χ0n) is 11.4. The number of nitrogens with zero attached hydrogens (tertiary/aromatic N) is 1. The highest BCUT2D eigenvalue weighted by Gasteiger charge is 2.26. The monoisotopic (exact) mass is 316 g/mol. The van der Waals surface area contributed by atoms with Crippen LogP contribution in [0, 0.1) is 0 Å². The minimum Gasteiger partial charge on any atom is -0.308 e. The maximum Gasteiger partial charge on any atom is 0.242 e. The van der Waals surface area contributed by atoms with Crippen LogP contribution in [0.15, 0.2) is 23.2 Å². The number of anilines is 1. The van der Waals surface area contributed by atoms with Gasteiger partial charge in [0.1, 0.15) is 10.7 Å². The fourth-order valence-corrected chi connectivity index (χ4v) is 4.43. The molecule has 6 nitrogen and oxygen atoms in total. The van der Waals surface area contributed by atoms with E-state index < -0.39 is 10.0 Å². The van der Waals surface area contributed by atoms with Crippen LogP contribution < -0.4 is 16.0 Å². The Bertz CT molecular complexity index is 533. The van der Waals surface area contributed by atoms with E-state index >= 15 is 0 Å². The van der Waals surface area contributed by atoms with Crippen LogP contribution in [-0.4, -0.2) is 30.9 Å². The van der Waals surface area contributed by atoms with Crippen molar-refractivity contribution >= 4 is 27.6 Å². The normalized spacial score (nSPS) is 23.5. The second-order valence-electron chi connectivity index (χ2n) is 4.87. The van der Waals surface area contributed by atoms with E-state index in [1.807, 2.05) is 0 Å². The molecular formula is C12H20N4O2S2. The number of sulfonamides is 1. The van der Waals surface area contributed by atoms with Gasteiger partial charge in [0.05, 0.1) is 0 Å². The van der Waals surface area contributed by atoms with Crippen LogP contribution >= 0.6 is 11.8 Å². The van der Waals surface area contributed by atoms with Gasteiger partial charge in [-0.25, -0.2) is 24.0 Å². The summed E-state index contributed by atoms with van der Waals surface area (Å²) in [6.45, 7) is 0. The van der Waals surface area contributed by atoms with Gasteiger partial charge in [-0.3, -0.25) is 0 Å². The van der Waals surface area contributed by atoms with E-state index in [1.54, 1.807) is 17.8 Å². The molecule has 1 heterocycles. The van der Waals surface area contributed by atoms with Gasteiger partial charge >= 0.3 is 0 Å². The standard InChI is InChI=1S/C12H20N4O2S2/c1-19-10-4-2-3-9(7-10)16-20(17,18)11-5-6-12(15-13)14-8-11/h5-6,8-10,16H,2-4,7,13H2,1H3,(H,14,15). The van der Waals surface area contributed by atoms with E-state index in [9.17, 15) is 8.42 Å². The predicted octanol–water partition coefficient (Wildman–Crippen LogP) is 1.32. The summed E-state index contributed by atoms with van der Waals surface area (Å²) in [4.78, 5) is 4.10. The number of thioether (sulfide) groups is 1. The Hall–Kier alpha value is -0.830. The third-order valence-electron chi connectivity index (χ3n) is 3.48. The molecule has 2 rings (SSSR count). The number of aromatic nitrogens is 1. The highest BCUT2D eigenvalue weighted by atomic mass is 32.2. The van der Waals surface area contributed by atoms with E-state index in [2.05, 4.69) is 21.4 Å². The maximum atomic E-state index is 12.3. The van der Waals surface area contributed by atoms with E-state index in [0.717, 1.165) is 25.7 Å². The number of nitrogens with one attached hydrogen (secondary N) is 2. The second-order valence-corrected chi connectivity index (χ2v) is 7.72. The van der Waals surface area contributed by atoms with Crippen molar-refractivity contribution in [1.29, 1.82) is 0 Å². The van der Waals surface area contributed by atoms with Gasteiger partial charge in [-0.1, -0.05) is 6.42 Å². The molecule has 2 unspecified atom stereocenters. The topological polar surface area (TPSA) is 97.1 Å². The summed E-state index contributed by atoms with van der Waals surface area (Å²) in [6, 6.07) is 3.05. The quantitative estimate of drug-likeness (QED) is 0.560. The molecule has 1 aliphatic rings. The summed E-state index contributed by atoms with van der Waals surface area (Å²) in [7, 11) is -3.51. The molecule has 2 atom stereocenters. The van der Waals surface area contributed by atoms with Gasteiger partial charge in [-0.2, -0.15) is 11.8 Å². The van der Waals surface area contributed by atoms with Crippen LogP contribution in [0.2, 0.25) is 0 Å². The maximum absolute atomic E-state index is 12.3. The summed E-state index contributed by atoms with van der Waals surface area (Å²) in [6.07, 6.45) is 7.39. The van der Waals surface area contributed by atoms with Crippen molar-refractivity contribution in [2.75, 3.05) is 11.7 Å². The second kappa shape index (κ2) is 6.75. The highest BCUT2D eigenvalue weighted by Crippen LogP contribution is 2.27. The average Bonchev–Trinajstić information content (AvgIpc) is 2.47. The van der Waals surface area contributed by atoms with Crippen molar-refractivity contribution in [3.63, 3.8) is 0 Å². The highest BCUT2D eigenvalue weighted by molar-refractivity contribution is 7.99. The molecule has 20 heavy (non-hydrogen) atoms. The number of nitrogens with two attached hydrogens (primary N) is 1. The lowest BCUT2D eigenvalue weighted by Gasteiger charge is -2.28. The Labute approximate surface area is 123 Å². The molecule has 0 bridgehead atoms. The smallest absolute Gasteiger partial charge is 0.242 e. The lowest BCUT2D eigenvalue weighted by Crippen LogP contribution is -2.39. The molecule has 1 aliphatic carbocycles. The lowest BCUT2D eigenvalue weighted by molar-refractivity contribution is 0.420. The molecule has 0 radical (unpaired) electrons. The molecule has 0 aromatic carbocycles. The first kappa shape index (κ1) is 15.6. The van der Waals surface area contributed by atoms with Gasteiger partial charge in [-0.15, -0.1) is 0 Å². The Morgan fingerprint density at radius 2 is 2.20 bits per heavy atom. The lowest BCUT2D eigenvalue weighted by atomic mass is 9.96. The van der Waals surface area contributed by atoms with Crippen molar-refractivity contribution in [3.05, 3.63) is 18.3 Å².